The molecule has 1 aromatic rings. The maximum atomic E-state index is 12.2. The highest BCUT2D eigenvalue weighted by Gasteiger charge is 2.40. The predicted molar refractivity (Wildman–Crippen MR) is 105 cm³/mol. The predicted octanol–water partition coefficient (Wildman–Crippen LogP) is 1.60. The van der Waals surface area contributed by atoms with Gasteiger partial charge in [-0.25, -0.2) is 8.42 Å². The van der Waals surface area contributed by atoms with Gasteiger partial charge in [-0.2, -0.15) is 0 Å². The van der Waals surface area contributed by atoms with Crippen molar-refractivity contribution >= 4 is 21.5 Å². The van der Waals surface area contributed by atoms with Crippen molar-refractivity contribution in [2.75, 3.05) is 50.4 Å². The van der Waals surface area contributed by atoms with Crippen LogP contribution >= 0.6 is 0 Å². The van der Waals surface area contributed by atoms with Gasteiger partial charge in [-0.3, -0.25) is 4.99 Å². The molecule has 0 aromatic heterocycles. The molecule has 0 radical (unpaired) electrons. The van der Waals surface area contributed by atoms with Crippen molar-refractivity contribution < 1.29 is 8.42 Å². The molecule has 1 saturated heterocycles. The molecule has 25 heavy (non-hydrogen) atoms. The van der Waals surface area contributed by atoms with Crippen LogP contribution in [0, 0.1) is 0 Å². The fourth-order valence-electron chi connectivity index (χ4n) is 2.87. The average molecular weight is 367 g/mol. The van der Waals surface area contributed by atoms with E-state index in [1.54, 1.807) is 13.8 Å². The summed E-state index contributed by atoms with van der Waals surface area (Å²) in [5.74, 6) is 0.973. The molecule has 1 aliphatic rings. The number of anilines is 1. The number of benzene rings is 1. The number of rotatable bonds is 5. The molecule has 0 atom stereocenters. The first-order chi connectivity index (χ1) is 11.8. The van der Waals surface area contributed by atoms with Crippen LogP contribution in [0.5, 0.6) is 0 Å². The zero-order valence-electron chi connectivity index (χ0n) is 15.7. The van der Waals surface area contributed by atoms with E-state index in [-0.39, 0.29) is 5.75 Å². The lowest BCUT2D eigenvalue weighted by atomic mass is 10.2. The van der Waals surface area contributed by atoms with Crippen LogP contribution < -0.4 is 10.2 Å². The molecule has 0 spiro atoms. The van der Waals surface area contributed by atoms with Crippen molar-refractivity contribution in [1.82, 2.24) is 10.2 Å². The first-order valence-corrected chi connectivity index (χ1v) is 10.4. The summed E-state index contributed by atoms with van der Waals surface area (Å²) in [7, 11) is -0.995. The lowest BCUT2D eigenvalue weighted by molar-refractivity contribution is 0.353. The summed E-state index contributed by atoms with van der Waals surface area (Å²) >= 11 is 0. The number of guanidine groups is 1. The Morgan fingerprint density at radius 1 is 1.32 bits per heavy atom. The topological polar surface area (TPSA) is 65.0 Å². The fraction of sp³-hybridized carbons (Fsp3) is 0.611. The molecule has 2 rings (SSSR count). The summed E-state index contributed by atoms with van der Waals surface area (Å²) < 4.78 is 23.6. The van der Waals surface area contributed by atoms with Gasteiger partial charge in [-0.05, 0) is 32.9 Å². The van der Waals surface area contributed by atoms with E-state index in [0.717, 1.165) is 24.7 Å². The third-order valence-corrected chi connectivity index (χ3v) is 7.10. The second-order valence-corrected chi connectivity index (χ2v) is 9.74. The van der Waals surface area contributed by atoms with Gasteiger partial charge in [0.05, 0.1) is 17.0 Å². The Bertz CT molecular complexity index is 686. The second-order valence-electron chi connectivity index (χ2n) is 6.99. The molecule has 1 fully saturated rings. The van der Waals surface area contributed by atoms with Gasteiger partial charge in [0.1, 0.15) is 0 Å². The summed E-state index contributed by atoms with van der Waals surface area (Å²) in [6.45, 7) is 8.78. The molecule has 7 heteroatoms. The van der Waals surface area contributed by atoms with Crippen LogP contribution in [-0.4, -0.2) is 69.5 Å². The second kappa shape index (κ2) is 8.08. The minimum Gasteiger partial charge on any atom is -0.373 e. The van der Waals surface area contributed by atoms with E-state index in [1.165, 1.54) is 0 Å². The van der Waals surface area contributed by atoms with E-state index in [2.05, 4.69) is 27.2 Å². The third kappa shape index (κ3) is 4.87. The Morgan fingerprint density at radius 3 is 2.60 bits per heavy atom. The normalized spacial score (nSPS) is 19.5. The molecule has 0 bridgehead atoms. The van der Waals surface area contributed by atoms with E-state index in [1.807, 2.05) is 32.2 Å². The highest BCUT2D eigenvalue weighted by molar-refractivity contribution is 7.92. The van der Waals surface area contributed by atoms with Crippen molar-refractivity contribution in [2.24, 2.45) is 4.99 Å². The monoisotopic (exact) mass is 366 g/mol. The lowest BCUT2D eigenvalue weighted by Gasteiger charge is -2.39. The molecule has 0 aliphatic carbocycles. The van der Waals surface area contributed by atoms with Gasteiger partial charge < -0.3 is 15.1 Å². The van der Waals surface area contributed by atoms with E-state index < -0.39 is 14.6 Å². The SMILES string of the molecule is CCNC(=NCCN(C)c1ccccc1)N1CCS(=O)(=O)C(C)(C)C1. The summed E-state index contributed by atoms with van der Waals surface area (Å²) in [5.41, 5.74) is 1.16. The smallest absolute Gasteiger partial charge is 0.194 e. The van der Waals surface area contributed by atoms with Crippen LogP contribution in [0.25, 0.3) is 0 Å². The maximum Gasteiger partial charge on any atom is 0.194 e. The van der Waals surface area contributed by atoms with Crippen LogP contribution in [0.2, 0.25) is 0 Å². The van der Waals surface area contributed by atoms with Gasteiger partial charge in [0, 0.05) is 38.9 Å². The van der Waals surface area contributed by atoms with E-state index >= 15 is 0 Å². The molecular weight excluding hydrogens is 336 g/mol. The van der Waals surface area contributed by atoms with Crippen molar-refractivity contribution in [2.45, 2.75) is 25.5 Å². The molecule has 1 aromatic carbocycles. The van der Waals surface area contributed by atoms with Crippen molar-refractivity contribution in [3.63, 3.8) is 0 Å². The molecular formula is C18H30N4O2S. The van der Waals surface area contributed by atoms with Crippen LogP contribution in [-0.2, 0) is 9.84 Å². The number of hydrogen-bond donors (Lipinski definition) is 1. The summed E-state index contributed by atoms with van der Waals surface area (Å²) in [6.07, 6.45) is 0. The van der Waals surface area contributed by atoms with E-state index in [0.29, 0.717) is 19.6 Å². The van der Waals surface area contributed by atoms with Gasteiger partial charge in [-0.1, -0.05) is 18.2 Å². The highest BCUT2D eigenvalue weighted by atomic mass is 32.2. The molecule has 6 nitrogen and oxygen atoms in total. The zero-order valence-corrected chi connectivity index (χ0v) is 16.5. The molecule has 0 amide bonds. The van der Waals surface area contributed by atoms with E-state index in [4.69, 9.17) is 4.99 Å². The average Bonchev–Trinajstić information content (AvgIpc) is 2.57. The molecule has 0 unspecified atom stereocenters. The Kier molecular flexibility index (Phi) is 6.32. The number of hydrogen-bond acceptors (Lipinski definition) is 4. The van der Waals surface area contributed by atoms with Crippen molar-refractivity contribution in [3.05, 3.63) is 30.3 Å². The summed E-state index contributed by atoms with van der Waals surface area (Å²) in [5, 5.41) is 3.29. The Hall–Kier alpha value is -1.76. The first-order valence-electron chi connectivity index (χ1n) is 8.78. The highest BCUT2D eigenvalue weighted by Crippen LogP contribution is 2.23. The van der Waals surface area contributed by atoms with Gasteiger partial charge >= 0.3 is 0 Å². The number of likely N-dealkylation sites (N-methyl/N-ethyl adjacent to an activating group) is 1. The number of sulfone groups is 1. The number of nitrogens with one attached hydrogen (secondary N) is 1. The Labute approximate surface area is 151 Å². The van der Waals surface area contributed by atoms with Crippen molar-refractivity contribution in [1.29, 1.82) is 0 Å². The summed E-state index contributed by atoms with van der Waals surface area (Å²) in [6, 6.07) is 10.2. The fourth-order valence-corrected chi connectivity index (χ4v) is 4.23. The van der Waals surface area contributed by atoms with Crippen molar-refractivity contribution in [3.8, 4) is 0 Å². The number of nitrogens with zero attached hydrogens (tertiary/aromatic N) is 3. The van der Waals surface area contributed by atoms with E-state index in [9.17, 15) is 8.42 Å². The first kappa shape index (κ1) is 19.6. The van der Waals surface area contributed by atoms with Gasteiger partial charge in [0.25, 0.3) is 0 Å². The number of para-hydroxylation sites is 1. The Balaban J connectivity index is 2.01. The molecule has 1 heterocycles. The molecule has 0 saturated carbocycles. The maximum absolute atomic E-state index is 12.2. The zero-order chi connectivity index (χ0) is 18.5. The largest absolute Gasteiger partial charge is 0.373 e. The quantitative estimate of drug-likeness (QED) is 0.633. The van der Waals surface area contributed by atoms with Gasteiger partial charge in [-0.15, -0.1) is 0 Å². The molecule has 1 aliphatic heterocycles. The lowest BCUT2D eigenvalue weighted by Crippen LogP contribution is -2.57. The minimum absolute atomic E-state index is 0.175. The van der Waals surface area contributed by atoms with Gasteiger partial charge in [0.15, 0.2) is 15.8 Å². The van der Waals surface area contributed by atoms with Crippen LogP contribution in [0.3, 0.4) is 0 Å². The Morgan fingerprint density at radius 2 is 2.00 bits per heavy atom. The standard InChI is InChI=1S/C18H30N4O2S/c1-5-19-17(22-13-14-25(23,24)18(2,3)15-22)20-11-12-21(4)16-9-7-6-8-10-16/h6-10H,5,11-15H2,1-4H3,(H,19,20). The minimum atomic E-state index is -3.05. The summed E-state index contributed by atoms with van der Waals surface area (Å²) in [4.78, 5) is 8.94. The number of aliphatic imine (C=N–C) groups is 1. The third-order valence-electron chi connectivity index (χ3n) is 4.57. The van der Waals surface area contributed by atoms with Crippen LogP contribution in [0.1, 0.15) is 20.8 Å². The van der Waals surface area contributed by atoms with Crippen LogP contribution in [0.15, 0.2) is 35.3 Å². The molecule has 140 valence electrons. The molecule has 1 N–H and O–H groups in total. The van der Waals surface area contributed by atoms with Gasteiger partial charge in [0.2, 0.25) is 0 Å². The van der Waals surface area contributed by atoms with Crippen LogP contribution in [0.4, 0.5) is 5.69 Å².